The minimum atomic E-state index is 0.170. The number of hydrogen-bond acceptors (Lipinski definition) is 4. The molecule has 0 spiro atoms. The van der Waals surface area contributed by atoms with E-state index >= 15 is 0 Å². The highest BCUT2D eigenvalue weighted by Gasteiger charge is 2.35. The Morgan fingerprint density at radius 2 is 2.00 bits per heavy atom. The van der Waals surface area contributed by atoms with E-state index in [0.717, 1.165) is 71.3 Å². The molecule has 0 amide bonds. The molecule has 1 aliphatic carbocycles. The fourth-order valence-corrected chi connectivity index (χ4v) is 4.66. The van der Waals surface area contributed by atoms with Crippen molar-refractivity contribution in [2.75, 3.05) is 53.1 Å². The summed E-state index contributed by atoms with van der Waals surface area (Å²) in [4.78, 5) is 6.91. The lowest BCUT2D eigenvalue weighted by Gasteiger charge is -2.38. The maximum absolute atomic E-state index is 5.98. The highest BCUT2D eigenvalue weighted by Crippen LogP contribution is 2.40. The zero-order chi connectivity index (χ0) is 18.2. The average Bonchev–Trinajstić information content (AvgIpc) is 3.35. The fraction of sp³-hybridized carbons (Fsp3) is 0.950. The third kappa shape index (κ3) is 5.11. The molecule has 26 heavy (non-hydrogen) atoms. The standard InChI is InChI=1S/C20H37N3O3/c1-3-24-13-10-20(8-4-5-9-20)16-22-19(21-2)23-11-14-26-18(15-23)17-7-6-12-25-17/h17-18H,3-16H2,1-2H3,(H,21,22). The van der Waals surface area contributed by atoms with Gasteiger partial charge in [-0.25, -0.2) is 0 Å². The molecule has 1 saturated carbocycles. The normalized spacial score (nSPS) is 29.3. The van der Waals surface area contributed by atoms with Crippen LogP contribution in [0.4, 0.5) is 0 Å². The molecular weight excluding hydrogens is 330 g/mol. The molecule has 150 valence electrons. The zero-order valence-corrected chi connectivity index (χ0v) is 16.7. The quantitative estimate of drug-likeness (QED) is 0.425. The van der Waals surface area contributed by atoms with Crippen LogP contribution in [0.5, 0.6) is 0 Å². The number of ether oxygens (including phenoxy) is 3. The van der Waals surface area contributed by atoms with Gasteiger partial charge in [0.1, 0.15) is 6.10 Å². The number of aliphatic imine (C=N–C) groups is 1. The van der Waals surface area contributed by atoms with Crippen LogP contribution < -0.4 is 5.32 Å². The predicted octanol–water partition coefficient (Wildman–Crippen LogP) is 2.43. The van der Waals surface area contributed by atoms with Crippen molar-refractivity contribution in [3.8, 4) is 0 Å². The SMILES string of the molecule is CCOCCC1(CNC(=NC)N2CCOC(C3CCCO3)C2)CCCC1. The lowest BCUT2D eigenvalue weighted by Crippen LogP contribution is -2.54. The predicted molar refractivity (Wildman–Crippen MR) is 104 cm³/mol. The Morgan fingerprint density at radius 1 is 1.19 bits per heavy atom. The Balaban J connectivity index is 1.52. The van der Waals surface area contributed by atoms with Gasteiger partial charge in [0.15, 0.2) is 5.96 Å². The summed E-state index contributed by atoms with van der Waals surface area (Å²) < 4.78 is 17.5. The summed E-state index contributed by atoms with van der Waals surface area (Å²) in [5.41, 5.74) is 0.366. The first-order valence-electron chi connectivity index (χ1n) is 10.5. The Hall–Kier alpha value is -0.850. The van der Waals surface area contributed by atoms with Crippen LogP contribution in [0, 0.1) is 5.41 Å². The van der Waals surface area contributed by atoms with Crippen LogP contribution in [0.3, 0.4) is 0 Å². The van der Waals surface area contributed by atoms with Crippen LogP contribution in [-0.4, -0.2) is 76.2 Å². The molecule has 0 radical (unpaired) electrons. The molecule has 0 aromatic rings. The van der Waals surface area contributed by atoms with Crippen molar-refractivity contribution in [1.82, 2.24) is 10.2 Å². The van der Waals surface area contributed by atoms with Crippen molar-refractivity contribution in [2.45, 2.75) is 64.1 Å². The van der Waals surface area contributed by atoms with E-state index in [0.29, 0.717) is 5.41 Å². The molecule has 2 heterocycles. The third-order valence-electron chi connectivity index (χ3n) is 6.25. The van der Waals surface area contributed by atoms with Crippen LogP contribution in [0.25, 0.3) is 0 Å². The molecular formula is C20H37N3O3. The molecule has 0 aromatic heterocycles. The summed E-state index contributed by atoms with van der Waals surface area (Å²) in [6.45, 7) is 8.14. The second kappa shape index (κ2) is 9.90. The van der Waals surface area contributed by atoms with Gasteiger partial charge in [-0.15, -0.1) is 0 Å². The molecule has 0 aromatic carbocycles. The lowest BCUT2D eigenvalue weighted by atomic mass is 9.83. The van der Waals surface area contributed by atoms with Crippen molar-refractivity contribution in [3.05, 3.63) is 0 Å². The van der Waals surface area contributed by atoms with E-state index in [2.05, 4.69) is 22.1 Å². The van der Waals surface area contributed by atoms with Gasteiger partial charge >= 0.3 is 0 Å². The second-order valence-corrected chi connectivity index (χ2v) is 7.96. The summed E-state index contributed by atoms with van der Waals surface area (Å²) in [6.07, 6.45) is 9.11. The summed E-state index contributed by atoms with van der Waals surface area (Å²) >= 11 is 0. The Bertz CT molecular complexity index is 446. The van der Waals surface area contributed by atoms with Crippen LogP contribution in [-0.2, 0) is 14.2 Å². The van der Waals surface area contributed by atoms with E-state index in [4.69, 9.17) is 14.2 Å². The van der Waals surface area contributed by atoms with E-state index in [-0.39, 0.29) is 12.2 Å². The Kier molecular flexibility index (Phi) is 7.58. The van der Waals surface area contributed by atoms with Gasteiger partial charge in [-0.05, 0) is 44.4 Å². The molecule has 2 saturated heterocycles. The second-order valence-electron chi connectivity index (χ2n) is 7.96. The van der Waals surface area contributed by atoms with Gasteiger partial charge in [-0.3, -0.25) is 4.99 Å². The Morgan fingerprint density at radius 3 is 2.69 bits per heavy atom. The number of nitrogens with zero attached hydrogens (tertiary/aromatic N) is 2. The minimum absolute atomic E-state index is 0.170. The first-order valence-corrected chi connectivity index (χ1v) is 10.5. The molecule has 0 bridgehead atoms. The summed E-state index contributed by atoms with van der Waals surface area (Å²) in [5, 5.41) is 3.68. The monoisotopic (exact) mass is 367 g/mol. The molecule has 3 rings (SSSR count). The van der Waals surface area contributed by atoms with Crippen molar-refractivity contribution in [2.24, 2.45) is 10.4 Å². The molecule has 3 fully saturated rings. The molecule has 6 nitrogen and oxygen atoms in total. The molecule has 2 atom stereocenters. The highest BCUT2D eigenvalue weighted by atomic mass is 16.5. The van der Waals surface area contributed by atoms with Gasteiger partial charge in [-0.2, -0.15) is 0 Å². The van der Waals surface area contributed by atoms with Gasteiger partial charge in [0, 0.05) is 46.5 Å². The van der Waals surface area contributed by atoms with Gasteiger partial charge in [-0.1, -0.05) is 12.8 Å². The first-order chi connectivity index (χ1) is 12.8. The van der Waals surface area contributed by atoms with E-state index < -0.39 is 0 Å². The molecule has 1 N–H and O–H groups in total. The number of guanidine groups is 1. The van der Waals surface area contributed by atoms with Crippen molar-refractivity contribution < 1.29 is 14.2 Å². The van der Waals surface area contributed by atoms with Crippen LogP contribution >= 0.6 is 0 Å². The summed E-state index contributed by atoms with van der Waals surface area (Å²) in [7, 11) is 1.89. The van der Waals surface area contributed by atoms with Crippen LogP contribution in [0.1, 0.15) is 51.9 Å². The maximum Gasteiger partial charge on any atom is 0.193 e. The lowest BCUT2D eigenvalue weighted by molar-refractivity contribution is -0.0817. The number of morpholine rings is 1. The zero-order valence-electron chi connectivity index (χ0n) is 16.7. The molecule has 3 aliphatic rings. The van der Waals surface area contributed by atoms with Crippen molar-refractivity contribution in [1.29, 1.82) is 0 Å². The molecule has 2 unspecified atom stereocenters. The van der Waals surface area contributed by atoms with Gasteiger partial charge in [0.05, 0.1) is 12.7 Å². The number of hydrogen-bond donors (Lipinski definition) is 1. The smallest absolute Gasteiger partial charge is 0.193 e. The topological polar surface area (TPSA) is 55.3 Å². The highest BCUT2D eigenvalue weighted by molar-refractivity contribution is 5.80. The number of rotatable bonds is 7. The van der Waals surface area contributed by atoms with Gasteiger partial charge < -0.3 is 24.4 Å². The van der Waals surface area contributed by atoms with Crippen molar-refractivity contribution in [3.63, 3.8) is 0 Å². The third-order valence-corrected chi connectivity index (χ3v) is 6.25. The minimum Gasteiger partial charge on any atom is -0.382 e. The molecule has 6 heteroatoms. The number of nitrogens with one attached hydrogen (secondary N) is 1. The summed E-state index contributed by atoms with van der Waals surface area (Å²) in [6, 6.07) is 0. The van der Waals surface area contributed by atoms with Gasteiger partial charge in [0.25, 0.3) is 0 Å². The summed E-state index contributed by atoms with van der Waals surface area (Å²) in [5.74, 6) is 1.01. The van der Waals surface area contributed by atoms with E-state index in [9.17, 15) is 0 Å². The molecule has 2 aliphatic heterocycles. The van der Waals surface area contributed by atoms with Crippen LogP contribution in [0.15, 0.2) is 4.99 Å². The fourth-order valence-electron chi connectivity index (χ4n) is 4.66. The average molecular weight is 368 g/mol. The van der Waals surface area contributed by atoms with E-state index in [1.165, 1.54) is 25.7 Å². The van der Waals surface area contributed by atoms with Crippen LogP contribution in [0.2, 0.25) is 0 Å². The maximum atomic E-state index is 5.98. The first kappa shape index (κ1) is 19.9. The van der Waals surface area contributed by atoms with E-state index in [1.807, 2.05) is 7.05 Å². The van der Waals surface area contributed by atoms with E-state index in [1.54, 1.807) is 0 Å². The van der Waals surface area contributed by atoms with Crippen molar-refractivity contribution >= 4 is 5.96 Å². The largest absolute Gasteiger partial charge is 0.382 e. The Labute approximate surface area is 158 Å². The van der Waals surface area contributed by atoms with Gasteiger partial charge in [0.2, 0.25) is 0 Å².